The summed E-state index contributed by atoms with van der Waals surface area (Å²) in [5.41, 5.74) is 6.35. The normalized spacial score (nSPS) is 12.2. The van der Waals surface area contributed by atoms with Crippen LogP contribution in [0.4, 0.5) is 16.3 Å². The van der Waals surface area contributed by atoms with Gasteiger partial charge in [-0.25, -0.2) is 23.2 Å². The Hall–Kier alpha value is -2.85. The predicted octanol–water partition coefficient (Wildman–Crippen LogP) is 4.14. The number of urea groups is 1. The first kappa shape index (κ1) is 22.8. The molecule has 0 bridgehead atoms. The fraction of sp³-hybridized carbons (Fsp3) is 0.100. The number of amides is 2. The first-order valence-electron chi connectivity index (χ1n) is 9.02. The van der Waals surface area contributed by atoms with E-state index in [2.05, 4.69) is 15.1 Å². The van der Waals surface area contributed by atoms with Gasteiger partial charge in [-0.2, -0.15) is 0 Å². The molecule has 3 rings (SSSR count). The smallest absolute Gasteiger partial charge is 0.337 e. The fourth-order valence-electron chi connectivity index (χ4n) is 2.70. The molecule has 0 aliphatic carbocycles. The summed E-state index contributed by atoms with van der Waals surface area (Å²) in [6.07, 6.45) is 1.28. The number of hydrogen-bond acceptors (Lipinski definition) is 5. The highest BCUT2D eigenvalue weighted by molar-refractivity contribution is 7.89. The average Bonchev–Trinajstić information content (AvgIpc) is 2.75. The quantitative estimate of drug-likeness (QED) is 0.459. The molecule has 0 saturated heterocycles. The largest absolute Gasteiger partial charge is 0.384 e. The van der Waals surface area contributed by atoms with Crippen LogP contribution in [0.1, 0.15) is 18.5 Å². The Balaban J connectivity index is 1.91. The van der Waals surface area contributed by atoms with Crippen LogP contribution in [-0.4, -0.2) is 19.4 Å². The first-order valence-corrected chi connectivity index (χ1v) is 11.3. The van der Waals surface area contributed by atoms with Crippen molar-refractivity contribution >= 4 is 50.8 Å². The maximum atomic E-state index is 13.1. The molecular weight excluding hydrogens is 461 g/mol. The number of benzene rings is 2. The summed E-state index contributed by atoms with van der Waals surface area (Å²) in [6, 6.07) is 14.3. The Labute approximate surface area is 190 Å². The topological polar surface area (TPSA) is 117 Å². The molecule has 0 aliphatic heterocycles. The Kier molecular flexibility index (Phi) is 7.01. The van der Waals surface area contributed by atoms with E-state index in [0.717, 1.165) is 5.01 Å². The maximum absolute atomic E-state index is 13.1. The zero-order valence-electron chi connectivity index (χ0n) is 16.3. The van der Waals surface area contributed by atoms with Crippen molar-refractivity contribution in [2.75, 3.05) is 10.7 Å². The lowest BCUT2D eigenvalue weighted by Gasteiger charge is -2.26. The molecule has 0 radical (unpaired) electrons. The van der Waals surface area contributed by atoms with Gasteiger partial charge in [-0.15, -0.1) is 4.83 Å². The SMILES string of the molecule is C[C@H](NC(=O)N(NS(=O)(=O)c1ccccc1)c1ccc(N)nc1)c1cccc(Cl)c1Cl. The van der Waals surface area contributed by atoms with Crippen LogP contribution in [0.15, 0.2) is 71.8 Å². The van der Waals surface area contributed by atoms with E-state index in [0.29, 0.717) is 15.6 Å². The summed E-state index contributed by atoms with van der Waals surface area (Å²) >= 11 is 12.3. The van der Waals surface area contributed by atoms with E-state index in [1.165, 1.54) is 30.5 Å². The maximum Gasteiger partial charge on any atom is 0.337 e. The number of anilines is 2. The van der Waals surface area contributed by atoms with Crippen LogP contribution in [0.2, 0.25) is 10.0 Å². The minimum atomic E-state index is -4.07. The van der Waals surface area contributed by atoms with E-state index in [1.807, 2.05) is 0 Å². The lowest BCUT2D eigenvalue weighted by atomic mass is 10.1. The molecule has 0 fully saturated rings. The van der Waals surface area contributed by atoms with E-state index in [-0.39, 0.29) is 16.4 Å². The van der Waals surface area contributed by atoms with Crippen LogP contribution in [0.5, 0.6) is 0 Å². The molecule has 2 aromatic carbocycles. The highest BCUT2D eigenvalue weighted by Gasteiger charge is 2.26. The minimum Gasteiger partial charge on any atom is -0.384 e. The highest BCUT2D eigenvalue weighted by atomic mass is 35.5. The molecule has 11 heteroatoms. The summed E-state index contributed by atoms with van der Waals surface area (Å²) in [5, 5.41) is 4.18. The monoisotopic (exact) mass is 479 g/mol. The van der Waals surface area contributed by atoms with Gasteiger partial charge in [0.25, 0.3) is 10.0 Å². The number of hydrogen-bond donors (Lipinski definition) is 3. The van der Waals surface area contributed by atoms with Crippen molar-refractivity contribution in [1.29, 1.82) is 0 Å². The van der Waals surface area contributed by atoms with Gasteiger partial charge in [0.05, 0.1) is 32.9 Å². The van der Waals surface area contributed by atoms with Crippen molar-refractivity contribution in [3.8, 4) is 0 Å². The van der Waals surface area contributed by atoms with Gasteiger partial charge >= 0.3 is 6.03 Å². The van der Waals surface area contributed by atoms with Crippen LogP contribution in [-0.2, 0) is 10.0 Å². The Morgan fingerprint density at radius 2 is 1.77 bits per heavy atom. The van der Waals surface area contributed by atoms with Crippen molar-refractivity contribution in [2.24, 2.45) is 0 Å². The van der Waals surface area contributed by atoms with E-state index in [4.69, 9.17) is 28.9 Å². The number of hydrazine groups is 1. The number of nitrogens with two attached hydrogens (primary N) is 1. The Bertz CT molecular complexity index is 1180. The van der Waals surface area contributed by atoms with Crippen LogP contribution in [0, 0.1) is 0 Å². The molecule has 3 aromatic rings. The van der Waals surface area contributed by atoms with Crippen LogP contribution in [0.25, 0.3) is 0 Å². The molecule has 4 N–H and O–H groups in total. The minimum absolute atomic E-state index is 0.0119. The fourth-order valence-corrected chi connectivity index (χ4v) is 4.22. The zero-order valence-corrected chi connectivity index (χ0v) is 18.6. The van der Waals surface area contributed by atoms with E-state index in [9.17, 15) is 13.2 Å². The van der Waals surface area contributed by atoms with Gasteiger partial charge in [-0.05, 0) is 42.8 Å². The van der Waals surface area contributed by atoms with Gasteiger partial charge in [0, 0.05) is 0 Å². The number of nitrogen functional groups attached to an aromatic ring is 1. The first-order chi connectivity index (χ1) is 14.7. The van der Waals surface area contributed by atoms with Gasteiger partial charge in [0.1, 0.15) is 5.82 Å². The second-order valence-electron chi connectivity index (χ2n) is 6.50. The lowest BCUT2D eigenvalue weighted by molar-refractivity contribution is 0.242. The van der Waals surface area contributed by atoms with Crippen LogP contribution < -0.4 is 20.9 Å². The van der Waals surface area contributed by atoms with E-state index in [1.54, 1.807) is 43.3 Å². The number of nitrogens with one attached hydrogen (secondary N) is 2. The second-order valence-corrected chi connectivity index (χ2v) is 8.94. The third-order valence-electron chi connectivity index (χ3n) is 4.28. The summed E-state index contributed by atoms with van der Waals surface area (Å²) < 4.78 is 25.7. The second kappa shape index (κ2) is 9.52. The molecule has 0 saturated carbocycles. The van der Waals surface area contributed by atoms with Gasteiger partial charge < -0.3 is 11.1 Å². The number of aromatic nitrogens is 1. The molecule has 0 unspecified atom stereocenters. The average molecular weight is 480 g/mol. The number of halogens is 2. The van der Waals surface area contributed by atoms with Crippen LogP contribution in [0.3, 0.4) is 0 Å². The Morgan fingerprint density at radius 1 is 1.06 bits per heavy atom. The lowest BCUT2D eigenvalue weighted by Crippen LogP contribution is -2.51. The summed E-state index contributed by atoms with van der Waals surface area (Å²) in [5.74, 6) is 0.217. The third kappa shape index (κ3) is 5.45. The molecule has 0 aliphatic rings. The molecule has 162 valence electrons. The molecule has 0 spiro atoms. The van der Waals surface area contributed by atoms with Crippen molar-refractivity contribution < 1.29 is 13.2 Å². The summed E-state index contributed by atoms with van der Waals surface area (Å²) in [4.78, 5) is 19.3. The Morgan fingerprint density at radius 3 is 2.42 bits per heavy atom. The molecular formula is C20H19Cl2N5O3S. The van der Waals surface area contributed by atoms with Crippen molar-refractivity contribution in [1.82, 2.24) is 15.1 Å². The molecule has 8 nitrogen and oxygen atoms in total. The number of rotatable bonds is 6. The van der Waals surface area contributed by atoms with Crippen molar-refractivity contribution in [3.63, 3.8) is 0 Å². The molecule has 1 atom stereocenters. The number of sulfonamides is 1. The van der Waals surface area contributed by atoms with Crippen LogP contribution >= 0.6 is 23.2 Å². The van der Waals surface area contributed by atoms with Gasteiger partial charge in [-0.3, -0.25) is 0 Å². The highest BCUT2D eigenvalue weighted by Crippen LogP contribution is 2.30. The summed E-state index contributed by atoms with van der Waals surface area (Å²) in [7, 11) is -4.07. The molecule has 31 heavy (non-hydrogen) atoms. The van der Waals surface area contributed by atoms with Crippen molar-refractivity contribution in [2.45, 2.75) is 17.9 Å². The number of nitrogens with zero attached hydrogens (tertiary/aromatic N) is 2. The van der Waals surface area contributed by atoms with Gasteiger partial charge in [0.15, 0.2) is 0 Å². The number of carbonyl (C=O) groups is 1. The number of pyridine rings is 1. The molecule has 2 amide bonds. The van der Waals surface area contributed by atoms with E-state index < -0.39 is 22.1 Å². The van der Waals surface area contributed by atoms with E-state index >= 15 is 0 Å². The molecule has 1 heterocycles. The number of carbonyl (C=O) groups excluding carboxylic acids is 1. The van der Waals surface area contributed by atoms with Gasteiger partial charge in [0.2, 0.25) is 0 Å². The zero-order chi connectivity index (χ0) is 22.6. The third-order valence-corrected chi connectivity index (χ3v) is 6.43. The molecule has 1 aromatic heterocycles. The van der Waals surface area contributed by atoms with Crippen molar-refractivity contribution in [3.05, 3.63) is 82.5 Å². The standard InChI is InChI=1S/C20H19Cl2N5O3S/c1-13(16-8-5-9-17(21)19(16)22)25-20(28)27(14-10-11-18(23)24-12-14)26-31(29,30)15-6-3-2-4-7-15/h2-13,26H,1H3,(H2,23,24)(H,25,28)/t13-/m0/s1. The summed E-state index contributed by atoms with van der Waals surface area (Å²) in [6.45, 7) is 1.69. The predicted molar refractivity (Wildman–Crippen MR) is 121 cm³/mol. The van der Waals surface area contributed by atoms with Gasteiger partial charge in [-0.1, -0.05) is 53.5 Å².